The highest BCUT2D eigenvalue weighted by Crippen LogP contribution is 2.31. The van der Waals surface area contributed by atoms with Gasteiger partial charge in [-0.2, -0.15) is 5.10 Å². The molecule has 0 fully saturated rings. The third-order valence-electron chi connectivity index (χ3n) is 5.82. The van der Waals surface area contributed by atoms with Crippen molar-refractivity contribution >= 4 is 28.3 Å². The van der Waals surface area contributed by atoms with Crippen molar-refractivity contribution in [1.29, 1.82) is 0 Å². The maximum atomic E-state index is 13.8. The summed E-state index contributed by atoms with van der Waals surface area (Å²) in [5, 5.41) is 8.50. The van der Waals surface area contributed by atoms with E-state index in [1.165, 1.54) is 4.88 Å². The second-order valence-electron chi connectivity index (χ2n) is 8.60. The first kappa shape index (κ1) is 22.0. The van der Waals surface area contributed by atoms with Crippen LogP contribution in [-0.2, 0) is 7.05 Å². The van der Waals surface area contributed by atoms with Crippen LogP contribution >= 0.6 is 11.3 Å². The van der Waals surface area contributed by atoms with Crippen LogP contribution in [-0.4, -0.2) is 30.2 Å². The lowest BCUT2D eigenvalue weighted by Gasteiger charge is -2.19. The van der Waals surface area contributed by atoms with Crippen molar-refractivity contribution in [2.75, 3.05) is 0 Å². The molecule has 0 saturated heterocycles. The summed E-state index contributed by atoms with van der Waals surface area (Å²) in [4.78, 5) is 25.4. The average Bonchev–Trinajstić information content (AvgIpc) is 3.56. The van der Waals surface area contributed by atoms with Gasteiger partial charge in [-0.1, -0.05) is 30.3 Å². The number of fused-ring (bicyclic) bond motifs is 1. The van der Waals surface area contributed by atoms with Crippen molar-refractivity contribution in [3.8, 4) is 10.6 Å². The predicted octanol–water partition coefficient (Wildman–Crippen LogP) is 5.30. The summed E-state index contributed by atoms with van der Waals surface area (Å²) in [5.41, 5.74) is 2.99. The molecule has 8 heteroatoms. The number of aryl methyl sites for hydroxylation is 2. The van der Waals surface area contributed by atoms with Crippen LogP contribution in [0.5, 0.6) is 0 Å². The van der Waals surface area contributed by atoms with Gasteiger partial charge in [0.05, 0.1) is 27.7 Å². The molecule has 5 rings (SSSR count). The molecule has 4 aromatic heterocycles. The molecule has 1 aromatic carbocycles. The molecule has 0 aliphatic rings. The summed E-state index contributed by atoms with van der Waals surface area (Å²) in [5.74, 6) is 0.568. The Balaban J connectivity index is 1.62. The number of thiophene rings is 1. The summed E-state index contributed by atoms with van der Waals surface area (Å²) < 4.78 is 3.79. The molecule has 34 heavy (non-hydrogen) atoms. The number of amides is 1. The molecule has 5 aromatic rings. The van der Waals surface area contributed by atoms with E-state index >= 15 is 0 Å². The number of aromatic nitrogens is 5. The Hall–Kier alpha value is -3.78. The molecule has 1 atom stereocenters. The second kappa shape index (κ2) is 8.87. The number of nitrogens with one attached hydrogen (secondary N) is 1. The fraction of sp³-hybridized carbons (Fsp3) is 0.231. The second-order valence-corrected chi connectivity index (χ2v) is 9.89. The normalized spacial score (nSPS) is 12.4. The van der Waals surface area contributed by atoms with E-state index in [9.17, 15) is 4.79 Å². The summed E-state index contributed by atoms with van der Waals surface area (Å²) in [6, 6.07) is 15.6. The van der Waals surface area contributed by atoms with Gasteiger partial charge >= 0.3 is 0 Å². The van der Waals surface area contributed by atoms with E-state index < -0.39 is 6.04 Å². The SMILES string of the molecule is Cc1ccc(-c2cc(C(=O)NC(c3ccccc3)c3nccn3C)c3cnn(C(C)C)c3n2)s1. The number of imidazole rings is 1. The van der Waals surface area contributed by atoms with Gasteiger partial charge < -0.3 is 9.88 Å². The van der Waals surface area contributed by atoms with E-state index in [4.69, 9.17) is 4.98 Å². The van der Waals surface area contributed by atoms with Gasteiger partial charge in [-0.25, -0.2) is 14.6 Å². The largest absolute Gasteiger partial charge is 0.338 e. The molecule has 4 heterocycles. The van der Waals surface area contributed by atoms with Crippen LogP contribution in [0.15, 0.2) is 67.1 Å². The van der Waals surface area contributed by atoms with E-state index in [0.29, 0.717) is 11.2 Å². The summed E-state index contributed by atoms with van der Waals surface area (Å²) in [6.07, 6.45) is 5.36. The number of carbonyl (C=O) groups excluding carboxylic acids is 1. The molecule has 0 aliphatic carbocycles. The molecular formula is C26H26N6OS. The smallest absolute Gasteiger partial charge is 0.253 e. The lowest BCUT2D eigenvalue weighted by molar-refractivity contribution is 0.0942. The van der Waals surface area contributed by atoms with Crippen molar-refractivity contribution in [3.63, 3.8) is 0 Å². The number of nitrogens with zero attached hydrogens (tertiary/aromatic N) is 5. The summed E-state index contributed by atoms with van der Waals surface area (Å²) in [6.45, 7) is 6.18. The third-order valence-corrected chi connectivity index (χ3v) is 6.84. The lowest BCUT2D eigenvalue weighted by atomic mass is 10.0. The monoisotopic (exact) mass is 470 g/mol. The van der Waals surface area contributed by atoms with Crippen LogP contribution < -0.4 is 5.32 Å². The molecule has 0 spiro atoms. The van der Waals surface area contributed by atoms with Crippen LogP contribution in [0.2, 0.25) is 0 Å². The molecule has 7 nitrogen and oxygen atoms in total. The fourth-order valence-electron chi connectivity index (χ4n) is 4.09. The van der Waals surface area contributed by atoms with E-state index in [-0.39, 0.29) is 11.9 Å². The van der Waals surface area contributed by atoms with E-state index in [1.807, 2.05) is 65.0 Å². The zero-order valence-electron chi connectivity index (χ0n) is 19.6. The van der Waals surface area contributed by atoms with Gasteiger partial charge in [0.15, 0.2) is 5.65 Å². The number of hydrogen-bond acceptors (Lipinski definition) is 5. The van der Waals surface area contributed by atoms with Crippen LogP contribution in [0.25, 0.3) is 21.6 Å². The standard InChI is InChI=1S/C26H26N6OS/c1-16(2)32-24-20(15-28-32)19(14-21(29-24)22-11-10-17(3)34-22)26(33)30-23(18-8-6-5-7-9-18)25-27-12-13-31(25)4/h5-16,23H,1-4H3,(H,30,33). The Morgan fingerprint density at radius 2 is 1.91 bits per heavy atom. The number of pyridine rings is 1. The highest BCUT2D eigenvalue weighted by molar-refractivity contribution is 7.15. The Morgan fingerprint density at radius 1 is 1.12 bits per heavy atom. The zero-order chi connectivity index (χ0) is 23.8. The van der Waals surface area contributed by atoms with Gasteiger partial charge in [0.25, 0.3) is 5.91 Å². The fourth-order valence-corrected chi connectivity index (χ4v) is 4.92. The van der Waals surface area contributed by atoms with Crippen LogP contribution in [0.4, 0.5) is 0 Å². The molecule has 0 radical (unpaired) electrons. The van der Waals surface area contributed by atoms with Crippen molar-refractivity contribution in [2.24, 2.45) is 7.05 Å². The first-order chi connectivity index (χ1) is 16.4. The van der Waals surface area contributed by atoms with Crippen molar-refractivity contribution in [1.82, 2.24) is 29.6 Å². The van der Waals surface area contributed by atoms with Crippen LogP contribution in [0, 0.1) is 6.92 Å². The van der Waals surface area contributed by atoms with Crippen LogP contribution in [0.3, 0.4) is 0 Å². The molecule has 0 bridgehead atoms. The number of carbonyl (C=O) groups is 1. The van der Waals surface area contributed by atoms with Gasteiger partial charge in [0, 0.05) is 30.4 Å². The Morgan fingerprint density at radius 3 is 2.56 bits per heavy atom. The van der Waals surface area contributed by atoms with Gasteiger partial charge in [-0.05, 0) is 44.5 Å². The Bertz CT molecular complexity index is 1460. The highest BCUT2D eigenvalue weighted by Gasteiger charge is 2.24. The Labute approximate surface area is 202 Å². The summed E-state index contributed by atoms with van der Waals surface area (Å²) >= 11 is 1.66. The third kappa shape index (κ3) is 4.01. The highest BCUT2D eigenvalue weighted by atomic mass is 32.1. The predicted molar refractivity (Wildman–Crippen MR) is 135 cm³/mol. The minimum absolute atomic E-state index is 0.117. The molecule has 0 aliphatic heterocycles. The first-order valence-corrected chi connectivity index (χ1v) is 12.0. The van der Waals surface area contributed by atoms with Gasteiger partial charge in [-0.15, -0.1) is 11.3 Å². The zero-order valence-corrected chi connectivity index (χ0v) is 20.4. The Kier molecular flexibility index (Phi) is 5.75. The van der Waals surface area contributed by atoms with Gasteiger partial charge in [-0.3, -0.25) is 4.79 Å². The van der Waals surface area contributed by atoms with E-state index in [1.54, 1.807) is 23.7 Å². The maximum absolute atomic E-state index is 13.8. The molecule has 1 unspecified atom stereocenters. The van der Waals surface area contributed by atoms with Crippen molar-refractivity contribution in [2.45, 2.75) is 32.9 Å². The number of benzene rings is 1. The average molecular weight is 471 g/mol. The maximum Gasteiger partial charge on any atom is 0.253 e. The minimum Gasteiger partial charge on any atom is -0.338 e. The molecule has 172 valence electrons. The van der Waals surface area contributed by atoms with E-state index in [0.717, 1.165) is 27.3 Å². The minimum atomic E-state index is -0.399. The summed E-state index contributed by atoms with van der Waals surface area (Å²) in [7, 11) is 1.93. The molecule has 1 N–H and O–H groups in total. The van der Waals surface area contributed by atoms with Gasteiger partial charge in [0.2, 0.25) is 0 Å². The number of hydrogen-bond donors (Lipinski definition) is 1. The molecular weight excluding hydrogens is 444 g/mol. The van der Waals surface area contributed by atoms with Crippen molar-refractivity contribution < 1.29 is 4.79 Å². The van der Waals surface area contributed by atoms with Crippen LogP contribution in [0.1, 0.15) is 52.6 Å². The van der Waals surface area contributed by atoms with E-state index in [2.05, 4.69) is 42.2 Å². The lowest BCUT2D eigenvalue weighted by Crippen LogP contribution is -2.31. The number of rotatable bonds is 6. The topological polar surface area (TPSA) is 77.6 Å². The molecule has 1 amide bonds. The molecule has 0 saturated carbocycles. The van der Waals surface area contributed by atoms with Gasteiger partial charge in [0.1, 0.15) is 11.9 Å². The quantitative estimate of drug-likeness (QED) is 0.365. The first-order valence-electron chi connectivity index (χ1n) is 11.2. The van der Waals surface area contributed by atoms with Crippen molar-refractivity contribution in [3.05, 3.63) is 88.9 Å².